The average Bonchev–Trinajstić information content (AvgIpc) is 2.55. The van der Waals surface area contributed by atoms with Crippen LogP contribution in [0.1, 0.15) is 11.4 Å². The van der Waals surface area contributed by atoms with Crippen molar-refractivity contribution >= 4 is 11.9 Å². The number of pyridine rings is 1. The minimum Gasteiger partial charge on any atom is -0.480 e. The predicted octanol–water partition coefficient (Wildman–Crippen LogP) is -0.837. The van der Waals surface area contributed by atoms with Crippen molar-refractivity contribution in [2.45, 2.75) is 13.1 Å². The molecule has 9 nitrogen and oxygen atoms in total. The Morgan fingerprint density at radius 3 is 1.96 bits per heavy atom. The first-order valence-electron chi connectivity index (χ1n) is 8.62. The lowest BCUT2D eigenvalue weighted by Crippen LogP contribution is -2.43. The number of carboxylic acid groups (broad SMARTS) is 2. The van der Waals surface area contributed by atoms with Crippen molar-refractivity contribution in [3.8, 4) is 0 Å². The summed E-state index contributed by atoms with van der Waals surface area (Å²) in [6, 6.07) is 5.65. The van der Waals surface area contributed by atoms with Crippen LogP contribution in [0.15, 0.2) is 18.2 Å². The number of nitrogens with zero attached hydrogens (tertiary/aromatic N) is 4. The van der Waals surface area contributed by atoms with Crippen LogP contribution in [0, 0.1) is 0 Å². The fourth-order valence-corrected chi connectivity index (χ4v) is 3.01. The normalized spacial score (nSPS) is 18.0. The van der Waals surface area contributed by atoms with Crippen LogP contribution >= 0.6 is 0 Å². The van der Waals surface area contributed by atoms with Crippen LogP contribution in [0.5, 0.6) is 0 Å². The van der Waals surface area contributed by atoms with Gasteiger partial charge in [0, 0.05) is 45.8 Å². The highest BCUT2D eigenvalue weighted by Crippen LogP contribution is 2.09. The number of hydrogen-bond acceptors (Lipinski definition) is 7. The van der Waals surface area contributed by atoms with Crippen LogP contribution in [-0.2, 0) is 22.7 Å². The van der Waals surface area contributed by atoms with Gasteiger partial charge in [0.25, 0.3) is 0 Å². The molecule has 0 aliphatic carbocycles. The first-order valence-corrected chi connectivity index (χ1v) is 8.62. The van der Waals surface area contributed by atoms with E-state index in [0.717, 1.165) is 11.4 Å². The summed E-state index contributed by atoms with van der Waals surface area (Å²) in [6.07, 6.45) is 0. The van der Waals surface area contributed by atoms with Gasteiger partial charge in [-0.1, -0.05) is 6.07 Å². The molecule has 0 unspecified atom stereocenters. The second-order valence-corrected chi connectivity index (χ2v) is 6.39. The summed E-state index contributed by atoms with van der Waals surface area (Å²) in [5, 5.41) is 27.5. The van der Waals surface area contributed by atoms with Crippen molar-refractivity contribution in [2.24, 2.45) is 0 Å². The van der Waals surface area contributed by atoms with Crippen LogP contribution in [-0.4, -0.2) is 99.4 Å². The van der Waals surface area contributed by atoms with E-state index in [1.165, 1.54) is 0 Å². The lowest BCUT2D eigenvalue weighted by molar-refractivity contribution is -0.140. The van der Waals surface area contributed by atoms with E-state index in [9.17, 15) is 14.7 Å². The molecule has 0 fully saturated rings. The van der Waals surface area contributed by atoms with Crippen molar-refractivity contribution in [1.82, 2.24) is 19.7 Å². The summed E-state index contributed by atoms with van der Waals surface area (Å²) in [7, 11) is 0. The summed E-state index contributed by atoms with van der Waals surface area (Å²) in [5.74, 6) is -1.84. The molecule has 26 heavy (non-hydrogen) atoms. The monoisotopic (exact) mass is 366 g/mol. The highest BCUT2D eigenvalue weighted by molar-refractivity contribution is 5.69. The van der Waals surface area contributed by atoms with E-state index < -0.39 is 11.9 Å². The van der Waals surface area contributed by atoms with E-state index in [2.05, 4.69) is 4.98 Å². The fourth-order valence-electron chi connectivity index (χ4n) is 3.01. The average molecular weight is 366 g/mol. The highest BCUT2D eigenvalue weighted by Gasteiger charge is 2.18. The number of aliphatic hydroxyl groups excluding tert-OH is 1. The Hall–Kier alpha value is -2.07. The first-order chi connectivity index (χ1) is 12.5. The van der Waals surface area contributed by atoms with E-state index in [-0.39, 0.29) is 19.7 Å². The molecular formula is C17H26N4O5. The van der Waals surface area contributed by atoms with Gasteiger partial charge >= 0.3 is 11.9 Å². The molecule has 0 amide bonds. The number of β-amino-alcohol motifs (C(OH)–C–C–N with tert-alkyl or cyclic N) is 1. The summed E-state index contributed by atoms with van der Waals surface area (Å²) in [5.41, 5.74) is 1.62. The van der Waals surface area contributed by atoms with Crippen molar-refractivity contribution in [1.29, 1.82) is 0 Å². The molecule has 2 bridgehead atoms. The number of hydrogen-bond donors (Lipinski definition) is 3. The smallest absolute Gasteiger partial charge is 0.317 e. The maximum atomic E-state index is 11.1. The molecule has 0 saturated carbocycles. The molecule has 2 heterocycles. The lowest BCUT2D eigenvalue weighted by Gasteiger charge is -2.29. The van der Waals surface area contributed by atoms with Crippen LogP contribution in [0.2, 0.25) is 0 Å². The minimum absolute atomic E-state index is 0.0189. The summed E-state index contributed by atoms with van der Waals surface area (Å²) in [4.78, 5) is 32.5. The van der Waals surface area contributed by atoms with E-state index >= 15 is 0 Å². The van der Waals surface area contributed by atoms with Crippen LogP contribution < -0.4 is 0 Å². The molecule has 0 aromatic carbocycles. The van der Waals surface area contributed by atoms with Gasteiger partial charge in [-0.05, 0) is 12.1 Å². The van der Waals surface area contributed by atoms with Gasteiger partial charge in [-0.3, -0.25) is 29.3 Å². The van der Waals surface area contributed by atoms with Crippen LogP contribution in [0.3, 0.4) is 0 Å². The van der Waals surface area contributed by atoms with E-state index in [1.807, 2.05) is 23.1 Å². The Balaban J connectivity index is 2.21. The van der Waals surface area contributed by atoms with Crippen molar-refractivity contribution in [3.05, 3.63) is 29.6 Å². The summed E-state index contributed by atoms with van der Waals surface area (Å²) < 4.78 is 0. The second-order valence-electron chi connectivity index (χ2n) is 6.39. The number of aromatic nitrogens is 1. The largest absolute Gasteiger partial charge is 0.480 e. The number of rotatable bonds is 6. The third-order valence-corrected chi connectivity index (χ3v) is 4.23. The maximum absolute atomic E-state index is 11.1. The van der Waals surface area contributed by atoms with Crippen molar-refractivity contribution in [3.63, 3.8) is 0 Å². The molecule has 0 radical (unpaired) electrons. The highest BCUT2D eigenvalue weighted by atomic mass is 16.4. The zero-order valence-electron chi connectivity index (χ0n) is 14.8. The zero-order valence-corrected chi connectivity index (χ0v) is 14.8. The van der Waals surface area contributed by atoms with Gasteiger partial charge in [0.1, 0.15) is 0 Å². The predicted molar refractivity (Wildman–Crippen MR) is 93.6 cm³/mol. The van der Waals surface area contributed by atoms with Gasteiger partial charge in [0.2, 0.25) is 0 Å². The number of carboxylic acids is 2. The van der Waals surface area contributed by atoms with Gasteiger partial charge in [-0.25, -0.2) is 0 Å². The fraction of sp³-hybridized carbons (Fsp3) is 0.588. The van der Waals surface area contributed by atoms with Gasteiger partial charge < -0.3 is 15.3 Å². The van der Waals surface area contributed by atoms with Gasteiger partial charge in [0.05, 0.1) is 31.1 Å². The number of fused-ring (bicyclic) bond motifs is 2. The second kappa shape index (κ2) is 10.2. The molecule has 2 rings (SSSR count). The Labute approximate surface area is 152 Å². The Morgan fingerprint density at radius 2 is 1.38 bits per heavy atom. The Bertz CT molecular complexity index is 613. The zero-order chi connectivity index (χ0) is 18.9. The standard InChI is InChI=1S/C17H26N4O5/c22-9-8-20-5-4-19(12-16(23)24)6-7-21(13-17(25)26)11-15-3-1-2-14(10-20)18-15/h1-3,22H,4-13H2,(H,23,24)(H,25,26). The molecule has 9 heteroatoms. The lowest BCUT2D eigenvalue weighted by atomic mass is 10.2. The molecule has 0 spiro atoms. The topological polar surface area (TPSA) is 117 Å². The third-order valence-electron chi connectivity index (χ3n) is 4.23. The third kappa shape index (κ3) is 7.04. The molecule has 1 aliphatic heterocycles. The minimum atomic E-state index is -0.924. The number of aliphatic carboxylic acids is 2. The number of carbonyl (C=O) groups is 2. The molecule has 1 aromatic heterocycles. The Morgan fingerprint density at radius 1 is 0.885 bits per heavy atom. The van der Waals surface area contributed by atoms with Crippen molar-refractivity contribution < 1.29 is 24.9 Å². The van der Waals surface area contributed by atoms with E-state index in [4.69, 9.17) is 10.2 Å². The van der Waals surface area contributed by atoms with Crippen LogP contribution in [0.4, 0.5) is 0 Å². The Kier molecular flexibility index (Phi) is 7.92. The van der Waals surface area contributed by atoms with E-state index in [0.29, 0.717) is 45.8 Å². The molecular weight excluding hydrogens is 340 g/mol. The molecule has 0 saturated heterocycles. The molecule has 1 aromatic rings. The first kappa shape index (κ1) is 20.2. The maximum Gasteiger partial charge on any atom is 0.317 e. The van der Waals surface area contributed by atoms with Crippen molar-refractivity contribution in [2.75, 3.05) is 52.4 Å². The van der Waals surface area contributed by atoms with Crippen LogP contribution in [0.25, 0.3) is 0 Å². The molecule has 1 aliphatic rings. The molecule has 3 N–H and O–H groups in total. The van der Waals surface area contributed by atoms with Gasteiger partial charge in [-0.2, -0.15) is 0 Å². The molecule has 0 atom stereocenters. The van der Waals surface area contributed by atoms with E-state index in [1.54, 1.807) is 9.80 Å². The molecule has 144 valence electrons. The van der Waals surface area contributed by atoms with Gasteiger partial charge in [-0.15, -0.1) is 0 Å². The summed E-state index contributed by atoms with van der Waals surface area (Å²) in [6.45, 7) is 3.22. The quantitative estimate of drug-likeness (QED) is 0.592. The summed E-state index contributed by atoms with van der Waals surface area (Å²) >= 11 is 0. The number of aliphatic hydroxyl groups is 1. The van der Waals surface area contributed by atoms with Gasteiger partial charge in [0.15, 0.2) is 0 Å². The SMILES string of the molecule is O=C(O)CN1CCN(CCO)Cc2cccc(n2)CN(CC(=O)O)CC1.